The zero-order chi connectivity index (χ0) is 8.97. The molecule has 0 saturated carbocycles. The summed E-state index contributed by atoms with van der Waals surface area (Å²) in [4.78, 5) is 10.5. The molecule has 2 heteroatoms. The van der Waals surface area contributed by atoms with E-state index in [0.29, 0.717) is 18.4 Å². The van der Waals surface area contributed by atoms with Crippen molar-refractivity contribution in [2.45, 2.75) is 13.3 Å². The summed E-state index contributed by atoms with van der Waals surface area (Å²) in [6, 6.07) is 0. The van der Waals surface area contributed by atoms with Crippen molar-refractivity contribution in [3.05, 3.63) is 24.8 Å². The minimum absolute atomic E-state index is 0.210. The largest absolute Gasteiger partial charge is 0.465 e. The van der Waals surface area contributed by atoms with Gasteiger partial charge in [0.05, 0.1) is 6.61 Å². The molecule has 0 N–H and O–H groups in total. The standard InChI is InChI=1S/C10H14O2/c1-3-9-5-4-6-10(9)7-12-8(2)11/h3-4,6,9-10H,1,5,7H2,2H3. The maximum Gasteiger partial charge on any atom is 0.302 e. The lowest BCUT2D eigenvalue weighted by atomic mass is 9.97. The number of ether oxygens (including phenoxy) is 1. The van der Waals surface area contributed by atoms with Crippen molar-refractivity contribution < 1.29 is 9.53 Å². The summed E-state index contributed by atoms with van der Waals surface area (Å²) in [5.74, 6) is 0.578. The van der Waals surface area contributed by atoms with Gasteiger partial charge in [0.2, 0.25) is 0 Å². The third kappa shape index (κ3) is 2.22. The van der Waals surface area contributed by atoms with E-state index in [1.807, 2.05) is 6.08 Å². The van der Waals surface area contributed by atoms with E-state index in [-0.39, 0.29) is 5.97 Å². The first-order valence-corrected chi connectivity index (χ1v) is 4.16. The predicted molar refractivity (Wildman–Crippen MR) is 47.6 cm³/mol. The van der Waals surface area contributed by atoms with Gasteiger partial charge in [0.25, 0.3) is 0 Å². The summed E-state index contributed by atoms with van der Waals surface area (Å²) in [6.45, 7) is 5.66. The molecule has 0 fully saturated rings. The lowest BCUT2D eigenvalue weighted by molar-refractivity contribution is -0.142. The highest BCUT2D eigenvalue weighted by atomic mass is 16.5. The highest BCUT2D eigenvalue weighted by Crippen LogP contribution is 2.25. The second kappa shape index (κ2) is 4.10. The fraction of sp³-hybridized carbons (Fsp3) is 0.500. The molecule has 2 atom stereocenters. The van der Waals surface area contributed by atoms with Gasteiger partial charge in [-0.15, -0.1) is 6.58 Å². The minimum Gasteiger partial charge on any atom is -0.465 e. The average Bonchev–Trinajstić information content (AvgIpc) is 2.47. The van der Waals surface area contributed by atoms with Gasteiger partial charge in [-0.3, -0.25) is 4.79 Å². The molecule has 12 heavy (non-hydrogen) atoms. The molecule has 0 heterocycles. The Morgan fingerprint density at radius 2 is 2.58 bits per heavy atom. The molecule has 0 aromatic heterocycles. The summed E-state index contributed by atoms with van der Waals surface area (Å²) in [6.07, 6.45) is 7.15. The van der Waals surface area contributed by atoms with Crippen LogP contribution in [0.4, 0.5) is 0 Å². The SMILES string of the molecule is C=CC1CC=CC1COC(C)=O. The zero-order valence-corrected chi connectivity index (χ0v) is 7.32. The summed E-state index contributed by atoms with van der Waals surface area (Å²) >= 11 is 0. The second-order valence-corrected chi connectivity index (χ2v) is 3.03. The number of hydrogen-bond acceptors (Lipinski definition) is 2. The normalized spacial score (nSPS) is 27.1. The fourth-order valence-corrected chi connectivity index (χ4v) is 1.39. The van der Waals surface area contributed by atoms with Crippen LogP contribution < -0.4 is 0 Å². The summed E-state index contributed by atoms with van der Waals surface area (Å²) in [5.41, 5.74) is 0. The molecule has 0 aromatic rings. The van der Waals surface area contributed by atoms with Gasteiger partial charge in [-0.2, -0.15) is 0 Å². The van der Waals surface area contributed by atoms with Crippen molar-refractivity contribution in [3.8, 4) is 0 Å². The Labute approximate surface area is 72.9 Å². The van der Waals surface area contributed by atoms with Crippen LogP contribution in [0.2, 0.25) is 0 Å². The molecule has 2 nitrogen and oxygen atoms in total. The molecular formula is C10H14O2. The van der Waals surface area contributed by atoms with Crippen LogP contribution in [0.1, 0.15) is 13.3 Å². The first-order chi connectivity index (χ1) is 5.74. The summed E-state index contributed by atoms with van der Waals surface area (Å²) in [7, 11) is 0. The van der Waals surface area contributed by atoms with E-state index in [0.717, 1.165) is 6.42 Å². The Bertz CT molecular complexity index is 206. The molecule has 0 aromatic carbocycles. The molecule has 1 aliphatic carbocycles. The van der Waals surface area contributed by atoms with Crippen molar-refractivity contribution in [1.82, 2.24) is 0 Å². The van der Waals surface area contributed by atoms with E-state index in [2.05, 4.69) is 18.7 Å². The predicted octanol–water partition coefficient (Wildman–Crippen LogP) is 1.93. The molecule has 0 amide bonds. The maximum absolute atomic E-state index is 10.5. The Kier molecular flexibility index (Phi) is 3.09. The lowest BCUT2D eigenvalue weighted by Gasteiger charge is -2.14. The number of esters is 1. The third-order valence-corrected chi connectivity index (χ3v) is 2.12. The Morgan fingerprint density at radius 1 is 1.83 bits per heavy atom. The number of carbonyl (C=O) groups excluding carboxylic acids is 1. The van der Waals surface area contributed by atoms with Crippen molar-refractivity contribution >= 4 is 5.97 Å². The van der Waals surface area contributed by atoms with Crippen LogP contribution in [-0.2, 0) is 9.53 Å². The number of carbonyl (C=O) groups is 1. The summed E-state index contributed by atoms with van der Waals surface area (Å²) < 4.78 is 4.92. The molecule has 2 unspecified atom stereocenters. The van der Waals surface area contributed by atoms with Crippen LogP contribution in [0.15, 0.2) is 24.8 Å². The van der Waals surface area contributed by atoms with Gasteiger partial charge in [0.15, 0.2) is 0 Å². The highest BCUT2D eigenvalue weighted by molar-refractivity contribution is 5.65. The molecule has 1 aliphatic rings. The van der Waals surface area contributed by atoms with Crippen LogP contribution in [0.5, 0.6) is 0 Å². The van der Waals surface area contributed by atoms with E-state index in [1.54, 1.807) is 0 Å². The van der Waals surface area contributed by atoms with Gasteiger partial charge in [-0.05, 0) is 12.3 Å². The van der Waals surface area contributed by atoms with Crippen LogP contribution in [0, 0.1) is 11.8 Å². The van der Waals surface area contributed by atoms with Gasteiger partial charge >= 0.3 is 5.97 Å². The van der Waals surface area contributed by atoms with E-state index in [4.69, 9.17) is 4.74 Å². The van der Waals surface area contributed by atoms with Crippen LogP contribution in [0.25, 0.3) is 0 Å². The third-order valence-electron chi connectivity index (χ3n) is 2.12. The first-order valence-electron chi connectivity index (χ1n) is 4.16. The quantitative estimate of drug-likeness (QED) is 0.473. The molecule has 0 aliphatic heterocycles. The molecule has 66 valence electrons. The average molecular weight is 166 g/mol. The Morgan fingerprint density at radius 3 is 3.17 bits per heavy atom. The van der Waals surface area contributed by atoms with E-state index < -0.39 is 0 Å². The fourth-order valence-electron chi connectivity index (χ4n) is 1.39. The van der Waals surface area contributed by atoms with Gasteiger partial charge in [-0.1, -0.05) is 18.2 Å². The maximum atomic E-state index is 10.5. The van der Waals surface area contributed by atoms with Gasteiger partial charge in [0, 0.05) is 12.8 Å². The van der Waals surface area contributed by atoms with E-state index in [1.165, 1.54) is 6.92 Å². The van der Waals surface area contributed by atoms with E-state index in [9.17, 15) is 4.79 Å². The van der Waals surface area contributed by atoms with Gasteiger partial charge in [-0.25, -0.2) is 0 Å². The van der Waals surface area contributed by atoms with Crippen LogP contribution in [-0.4, -0.2) is 12.6 Å². The smallest absolute Gasteiger partial charge is 0.302 e. The van der Waals surface area contributed by atoms with Crippen molar-refractivity contribution in [2.75, 3.05) is 6.61 Å². The van der Waals surface area contributed by atoms with Gasteiger partial charge in [0.1, 0.15) is 0 Å². The van der Waals surface area contributed by atoms with Crippen LogP contribution in [0.3, 0.4) is 0 Å². The number of hydrogen-bond donors (Lipinski definition) is 0. The van der Waals surface area contributed by atoms with Crippen molar-refractivity contribution in [1.29, 1.82) is 0 Å². The minimum atomic E-state index is -0.210. The molecule has 0 bridgehead atoms. The van der Waals surface area contributed by atoms with Gasteiger partial charge < -0.3 is 4.74 Å². The second-order valence-electron chi connectivity index (χ2n) is 3.03. The number of allylic oxidation sites excluding steroid dienone is 2. The molecular weight excluding hydrogens is 152 g/mol. The summed E-state index contributed by atoms with van der Waals surface area (Å²) in [5, 5.41) is 0. The molecule has 0 saturated heterocycles. The molecule has 1 rings (SSSR count). The molecule has 0 radical (unpaired) electrons. The number of rotatable bonds is 3. The van der Waals surface area contributed by atoms with Crippen molar-refractivity contribution in [2.24, 2.45) is 11.8 Å². The van der Waals surface area contributed by atoms with E-state index >= 15 is 0 Å². The van der Waals surface area contributed by atoms with Crippen LogP contribution >= 0.6 is 0 Å². The topological polar surface area (TPSA) is 26.3 Å². The highest BCUT2D eigenvalue weighted by Gasteiger charge is 2.20. The first kappa shape index (κ1) is 9.04. The Hall–Kier alpha value is -1.05. The lowest BCUT2D eigenvalue weighted by Crippen LogP contribution is -2.14. The van der Waals surface area contributed by atoms with Crippen molar-refractivity contribution in [3.63, 3.8) is 0 Å². The zero-order valence-electron chi connectivity index (χ0n) is 7.32. The molecule has 0 spiro atoms. The Balaban J connectivity index is 2.35. The monoisotopic (exact) mass is 166 g/mol.